The van der Waals surface area contributed by atoms with E-state index in [-0.39, 0.29) is 18.0 Å². The van der Waals surface area contributed by atoms with Gasteiger partial charge in [0.25, 0.3) is 0 Å². The van der Waals surface area contributed by atoms with Crippen LogP contribution in [-0.2, 0) is 11.3 Å². The van der Waals surface area contributed by atoms with Gasteiger partial charge < -0.3 is 20.4 Å². The summed E-state index contributed by atoms with van der Waals surface area (Å²) in [7, 11) is 2.11. The molecular weight excluding hydrogens is 352 g/mol. The summed E-state index contributed by atoms with van der Waals surface area (Å²) < 4.78 is 0. The van der Waals surface area contributed by atoms with E-state index in [0.717, 1.165) is 24.3 Å². The minimum atomic E-state index is -0.212. The molecule has 1 aliphatic rings. The Bertz CT molecular complexity index is 792. The SMILES string of the molecule is Cc1ccc(N2C[C@@H](NC(=O)NCC[NH+](C)Cc3ccccc3)CC2=O)cc1. The van der Waals surface area contributed by atoms with E-state index >= 15 is 0 Å². The van der Waals surface area contributed by atoms with Crippen molar-refractivity contribution in [2.75, 3.05) is 31.6 Å². The van der Waals surface area contributed by atoms with Crippen LogP contribution in [0.5, 0.6) is 0 Å². The molecule has 1 fully saturated rings. The number of quaternary nitrogens is 1. The molecule has 0 spiro atoms. The van der Waals surface area contributed by atoms with Crippen LogP contribution in [0.1, 0.15) is 17.5 Å². The fraction of sp³-hybridized carbons (Fsp3) is 0.364. The molecule has 0 radical (unpaired) electrons. The highest BCUT2D eigenvalue weighted by Crippen LogP contribution is 2.21. The minimum absolute atomic E-state index is 0.0428. The second kappa shape index (κ2) is 9.37. The van der Waals surface area contributed by atoms with Crippen LogP contribution >= 0.6 is 0 Å². The van der Waals surface area contributed by atoms with E-state index in [2.05, 4.69) is 29.8 Å². The van der Waals surface area contributed by atoms with E-state index in [0.29, 0.717) is 19.5 Å². The number of hydrogen-bond acceptors (Lipinski definition) is 2. The van der Waals surface area contributed by atoms with Crippen LogP contribution in [0.3, 0.4) is 0 Å². The molecule has 2 atom stereocenters. The standard InChI is InChI=1S/C22H28N4O2/c1-17-8-10-20(11-9-17)26-16-19(14-21(26)27)24-22(28)23-12-13-25(2)15-18-6-4-3-5-7-18/h3-11,19H,12-16H2,1-2H3,(H2,23,24,28)/p+1/t19-/m0/s1. The van der Waals surface area contributed by atoms with Gasteiger partial charge in [-0.3, -0.25) is 4.79 Å². The predicted molar refractivity (Wildman–Crippen MR) is 110 cm³/mol. The largest absolute Gasteiger partial charge is 0.333 e. The molecule has 0 aromatic heterocycles. The smallest absolute Gasteiger partial charge is 0.315 e. The van der Waals surface area contributed by atoms with E-state index < -0.39 is 0 Å². The first-order valence-corrected chi connectivity index (χ1v) is 9.78. The van der Waals surface area contributed by atoms with Crippen molar-refractivity contribution in [3.63, 3.8) is 0 Å². The van der Waals surface area contributed by atoms with E-state index in [1.54, 1.807) is 4.90 Å². The molecule has 148 valence electrons. The number of rotatable bonds is 7. The van der Waals surface area contributed by atoms with Crippen LogP contribution in [0.2, 0.25) is 0 Å². The van der Waals surface area contributed by atoms with Crippen molar-refractivity contribution in [1.29, 1.82) is 0 Å². The molecule has 2 aromatic rings. The molecule has 0 aliphatic carbocycles. The number of aryl methyl sites for hydroxylation is 1. The van der Waals surface area contributed by atoms with E-state index in [1.807, 2.05) is 49.4 Å². The molecular formula is C22H29N4O2+. The maximum atomic E-state index is 12.3. The van der Waals surface area contributed by atoms with Crippen molar-refractivity contribution in [2.45, 2.75) is 25.9 Å². The third kappa shape index (κ3) is 5.57. The lowest BCUT2D eigenvalue weighted by Crippen LogP contribution is -3.08. The van der Waals surface area contributed by atoms with Crippen molar-refractivity contribution in [3.8, 4) is 0 Å². The molecule has 0 bridgehead atoms. The summed E-state index contributed by atoms with van der Waals surface area (Å²) in [6, 6.07) is 17.8. The van der Waals surface area contributed by atoms with Crippen LogP contribution in [0.4, 0.5) is 10.5 Å². The number of nitrogens with zero attached hydrogens (tertiary/aromatic N) is 1. The van der Waals surface area contributed by atoms with Crippen molar-refractivity contribution in [3.05, 3.63) is 65.7 Å². The first-order chi connectivity index (χ1) is 13.5. The second-order valence-corrected chi connectivity index (χ2v) is 7.51. The van der Waals surface area contributed by atoms with Gasteiger partial charge in [-0.05, 0) is 19.1 Å². The van der Waals surface area contributed by atoms with Crippen LogP contribution in [-0.4, -0.2) is 44.7 Å². The third-order valence-corrected chi connectivity index (χ3v) is 4.99. The highest BCUT2D eigenvalue weighted by atomic mass is 16.2. The fourth-order valence-corrected chi connectivity index (χ4v) is 3.44. The molecule has 1 aliphatic heterocycles. The maximum Gasteiger partial charge on any atom is 0.315 e. The van der Waals surface area contributed by atoms with Gasteiger partial charge in [-0.1, -0.05) is 48.0 Å². The first kappa shape index (κ1) is 19.9. The number of carbonyl (C=O) groups excluding carboxylic acids is 2. The summed E-state index contributed by atoms with van der Waals surface area (Å²) in [4.78, 5) is 27.5. The van der Waals surface area contributed by atoms with Gasteiger partial charge in [0.15, 0.2) is 0 Å². The second-order valence-electron chi connectivity index (χ2n) is 7.51. The van der Waals surface area contributed by atoms with E-state index in [9.17, 15) is 9.59 Å². The summed E-state index contributed by atoms with van der Waals surface area (Å²) in [5.41, 5.74) is 3.32. The molecule has 28 heavy (non-hydrogen) atoms. The van der Waals surface area contributed by atoms with Gasteiger partial charge in [0, 0.05) is 24.2 Å². The lowest BCUT2D eigenvalue weighted by Gasteiger charge is -2.18. The number of nitrogens with one attached hydrogen (secondary N) is 3. The Morgan fingerprint density at radius 2 is 1.86 bits per heavy atom. The molecule has 0 saturated carbocycles. The number of amides is 3. The number of hydrogen-bond donors (Lipinski definition) is 3. The summed E-state index contributed by atoms with van der Waals surface area (Å²) in [6.45, 7) is 4.87. The van der Waals surface area contributed by atoms with E-state index in [4.69, 9.17) is 0 Å². The molecule has 6 heteroatoms. The molecule has 1 unspecified atom stereocenters. The zero-order chi connectivity index (χ0) is 19.9. The van der Waals surface area contributed by atoms with Crippen molar-refractivity contribution in [2.24, 2.45) is 0 Å². The Morgan fingerprint density at radius 3 is 2.57 bits per heavy atom. The number of carbonyl (C=O) groups is 2. The number of benzene rings is 2. The quantitative estimate of drug-likeness (QED) is 0.673. The van der Waals surface area contributed by atoms with Crippen LogP contribution in [0.15, 0.2) is 54.6 Å². The van der Waals surface area contributed by atoms with Gasteiger partial charge >= 0.3 is 6.03 Å². The summed E-state index contributed by atoms with van der Waals surface area (Å²) in [5.74, 6) is 0.0428. The van der Waals surface area contributed by atoms with Gasteiger partial charge in [0.05, 0.1) is 26.2 Å². The van der Waals surface area contributed by atoms with Crippen molar-refractivity contribution in [1.82, 2.24) is 10.6 Å². The Balaban J connectivity index is 1.39. The van der Waals surface area contributed by atoms with Gasteiger partial charge in [0.2, 0.25) is 5.91 Å². The van der Waals surface area contributed by atoms with Gasteiger partial charge in [-0.25, -0.2) is 4.79 Å². The van der Waals surface area contributed by atoms with Crippen LogP contribution in [0, 0.1) is 6.92 Å². The highest BCUT2D eigenvalue weighted by Gasteiger charge is 2.31. The molecule has 1 heterocycles. The Morgan fingerprint density at radius 1 is 1.14 bits per heavy atom. The lowest BCUT2D eigenvalue weighted by molar-refractivity contribution is -0.892. The van der Waals surface area contributed by atoms with E-state index in [1.165, 1.54) is 10.5 Å². The number of likely N-dealkylation sites (N-methyl/N-ethyl adjacent to an activating group) is 1. The molecule has 3 N–H and O–H groups in total. The first-order valence-electron chi connectivity index (χ1n) is 9.78. The van der Waals surface area contributed by atoms with Crippen molar-refractivity contribution >= 4 is 17.6 Å². The Kier molecular flexibility index (Phi) is 6.66. The normalized spacial score (nSPS) is 17.4. The summed E-state index contributed by atoms with van der Waals surface area (Å²) >= 11 is 0. The van der Waals surface area contributed by atoms with Crippen LogP contribution in [0.25, 0.3) is 0 Å². The highest BCUT2D eigenvalue weighted by molar-refractivity contribution is 5.96. The van der Waals surface area contributed by atoms with Gasteiger partial charge in [-0.2, -0.15) is 0 Å². The number of urea groups is 1. The molecule has 6 nitrogen and oxygen atoms in total. The topological polar surface area (TPSA) is 65.9 Å². The van der Waals surface area contributed by atoms with Crippen LogP contribution < -0.4 is 20.4 Å². The maximum absolute atomic E-state index is 12.3. The summed E-state index contributed by atoms with van der Waals surface area (Å²) in [5, 5.41) is 5.82. The Hall–Kier alpha value is -2.86. The molecule has 3 amide bonds. The molecule has 3 rings (SSSR count). The van der Waals surface area contributed by atoms with Crippen molar-refractivity contribution < 1.29 is 14.5 Å². The van der Waals surface area contributed by atoms with Gasteiger partial charge in [-0.15, -0.1) is 0 Å². The lowest BCUT2D eigenvalue weighted by atomic mass is 10.2. The van der Waals surface area contributed by atoms with Gasteiger partial charge in [0.1, 0.15) is 6.54 Å². The minimum Gasteiger partial charge on any atom is -0.333 e. The molecule has 2 aromatic carbocycles. The average Bonchev–Trinajstić information content (AvgIpc) is 3.03. The monoisotopic (exact) mass is 381 g/mol. The molecule has 1 saturated heterocycles. The third-order valence-electron chi connectivity index (χ3n) is 4.99. The fourth-order valence-electron chi connectivity index (χ4n) is 3.44. The number of anilines is 1. The zero-order valence-electron chi connectivity index (χ0n) is 16.6. The summed E-state index contributed by atoms with van der Waals surface area (Å²) in [6.07, 6.45) is 0.334. The Labute approximate surface area is 166 Å². The average molecular weight is 382 g/mol. The predicted octanol–water partition coefficient (Wildman–Crippen LogP) is 1.11. The zero-order valence-corrected chi connectivity index (χ0v) is 16.6.